The molecule has 1 atom stereocenters. The molecule has 0 aliphatic carbocycles. The third-order valence-electron chi connectivity index (χ3n) is 4.91. The molecule has 1 unspecified atom stereocenters. The van der Waals surface area contributed by atoms with Crippen LogP contribution >= 0.6 is 23.2 Å². The van der Waals surface area contributed by atoms with E-state index in [1.54, 1.807) is 49.4 Å². The third-order valence-corrected chi connectivity index (χ3v) is 5.65. The van der Waals surface area contributed by atoms with Gasteiger partial charge in [-0.2, -0.15) is 0 Å². The van der Waals surface area contributed by atoms with Crippen LogP contribution in [0.1, 0.15) is 22.9 Å². The Balaban J connectivity index is 1.96. The van der Waals surface area contributed by atoms with E-state index in [1.807, 2.05) is 0 Å². The lowest BCUT2D eigenvalue weighted by Crippen LogP contribution is -2.29. The minimum absolute atomic E-state index is 0.114. The number of halogens is 2. The Morgan fingerprint density at radius 1 is 1.13 bits per heavy atom. The Morgan fingerprint density at radius 3 is 2.55 bits per heavy atom. The van der Waals surface area contributed by atoms with Gasteiger partial charge >= 0.3 is 5.91 Å². The van der Waals surface area contributed by atoms with E-state index in [9.17, 15) is 14.7 Å². The zero-order valence-corrected chi connectivity index (χ0v) is 17.9. The molecule has 1 aliphatic heterocycles. The quantitative estimate of drug-likeness (QED) is 0.338. The first-order chi connectivity index (χ1) is 14.8. The van der Waals surface area contributed by atoms with E-state index in [-0.39, 0.29) is 22.2 Å². The lowest BCUT2D eigenvalue weighted by molar-refractivity contribution is -0.132. The van der Waals surface area contributed by atoms with Gasteiger partial charge in [0.05, 0.1) is 28.8 Å². The number of rotatable bonds is 4. The first-order valence-electron chi connectivity index (χ1n) is 9.15. The molecule has 1 N–H and O–H groups in total. The first kappa shape index (κ1) is 21.0. The molecule has 0 saturated carbocycles. The standard InChI is InChI=1S/C22H16Cl2N2O5/c1-11-8-17(25-31-11)26-19(12-6-7-15(23)16(24)10-12)18(21(28)22(26)29)20(27)13-4-3-5-14(9-13)30-2/h3-10,19,27H,1-2H3/b20-18+. The van der Waals surface area contributed by atoms with Gasteiger partial charge in [-0.15, -0.1) is 0 Å². The molecule has 1 amide bonds. The number of aliphatic hydroxyl groups is 1. The average Bonchev–Trinajstić information content (AvgIpc) is 3.30. The van der Waals surface area contributed by atoms with Crippen LogP contribution in [0.15, 0.2) is 58.6 Å². The third kappa shape index (κ3) is 3.66. The first-order valence-corrected chi connectivity index (χ1v) is 9.91. The summed E-state index contributed by atoms with van der Waals surface area (Å²) in [4.78, 5) is 27.2. The van der Waals surface area contributed by atoms with Gasteiger partial charge in [0.15, 0.2) is 5.82 Å². The van der Waals surface area contributed by atoms with E-state index in [0.29, 0.717) is 27.7 Å². The van der Waals surface area contributed by atoms with Crippen LogP contribution in [0.3, 0.4) is 0 Å². The van der Waals surface area contributed by atoms with Gasteiger partial charge in [-0.25, -0.2) is 0 Å². The molecular formula is C22H16Cl2N2O5. The Hall–Kier alpha value is -3.29. The number of aliphatic hydroxyl groups excluding tert-OH is 1. The summed E-state index contributed by atoms with van der Waals surface area (Å²) in [5.74, 6) is -0.989. The summed E-state index contributed by atoms with van der Waals surface area (Å²) in [5, 5.41) is 15.5. The van der Waals surface area contributed by atoms with E-state index in [1.165, 1.54) is 18.1 Å². The molecule has 0 spiro atoms. The monoisotopic (exact) mass is 458 g/mol. The number of aromatic nitrogens is 1. The van der Waals surface area contributed by atoms with E-state index in [0.717, 1.165) is 0 Å². The maximum Gasteiger partial charge on any atom is 0.301 e. The van der Waals surface area contributed by atoms with Crippen molar-refractivity contribution in [1.29, 1.82) is 0 Å². The number of methoxy groups -OCH3 is 1. The van der Waals surface area contributed by atoms with Gasteiger partial charge in [0.1, 0.15) is 17.3 Å². The predicted molar refractivity (Wildman–Crippen MR) is 115 cm³/mol. The molecule has 2 heterocycles. The number of amides is 1. The number of anilines is 1. The van der Waals surface area contributed by atoms with Crippen molar-refractivity contribution in [3.63, 3.8) is 0 Å². The second kappa shape index (κ2) is 8.09. The Kier molecular flexibility index (Phi) is 5.47. The van der Waals surface area contributed by atoms with Gasteiger partial charge in [-0.3, -0.25) is 14.5 Å². The Bertz CT molecular complexity index is 1230. The minimum Gasteiger partial charge on any atom is -0.507 e. The molecular weight excluding hydrogens is 443 g/mol. The van der Waals surface area contributed by atoms with Crippen molar-refractivity contribution in [2.24, 2.45) is 0 Å². The van der Waals surface area contributed by atoms with Gasteiger partial charge in [-0.1, -0.05) is 46.6 Å². The van der Waals surface area contributed by atoms with Crippen molar-refractivity contribution in [2.75, 3.05) is 12.0 Å². The number of carbonyl (C=O) groups excluding carboxylic acids is 2. The fourth-order valence-electron chi connectivity index (χ4n) is 3.46. The zero-order valence-electron chi connectivity index (χ0n) is 16.4. The number of ether oxygens (including phenoxy) is 1. The Labute approximate surface area is 187 Å². The maximum absolute atomic E-state index is 13.0. The molecule has 1 saturated heterocycles. The summed E-state index contributed by atoms with van der Waals surface area (Å²) in [6.45, 7) is 1.66. The molecule has 2 aromatic carbocycles. The van der Waals surface area contributed by atoms with Gasteiger partial charge in [0, 0.05) is 11.6 Å². The van der Waals surface area contributed by atoms with Gasteiger partial charge < -0.3 is 14.4 Å². The number of ketones is 1. The maximum atomic E-state index is 13.0. The summed E-state index contributed by atoms with van der Waals surface area (Å²) in [5.41, 5.74) is 0.676. The van der Waals surface area contributed by atoms with Crippen LogP contribution in [0.4, 0.5) is 5.82 Å². The highest BCUT2D eigenvalue weighted by atomic mass is 35.5. The molecule has 158 valence electrons. The van der Waals surface area contributed by atoms with Crippen molar-refractivity contribution < 1.29 is 24.0 Å². The van der Waals surface area contributed by atoms with E-state index in [4.69, 9.17) is 32.5 Å². The summed E-state index contributed by atoms with van der Waals surface area (Å²) >= 11 is 12.2. The van der Waals surface area contributed by atoms with Gasteiger partial charge in [0.2, 0.25) is 0 Å². The number of hydrogen-bond acceptors (Lipinski definition) is 6. The van der Waals surface area contributed by atoms with Crippen LogP contribution in [0, 0.1) is 6.92 Å². The highest BCUT2D eigenvalue weighted by Crippen LogP contribution is 2.43. The van der Waals surface area contributed by atoms with Crippen LogP contribution in [0.5, 0.6) is 5.75 Å². The zero-order chi connectivity index (χ0) is 22.3. The summed E-state index contributed by atoms with van der Waals surface area (Å²) < 4.78 is 10.3. The van der Waals surface area contributed by atoms with Crippen LogP contribution in [0.2, 0.25) is 10.0 Å². The average molecular weight is 459 g/mol. The fourth-order valence-corrected chi connectivity index (χ4v) is 3.77. The molecule has 9 heteroatoms. The lowest BCUT2D eigenvalue weighted by Gasteiger charge is -2.23. The molecule has 4 rings (SSSR count). The van der Waals surface area contributed by atoms with Crippen molar-refractivity contribution in [1.82, 2.24) is 5.16 Å². The minimum atomic E-state index is -0.995. The largest absolute Gasteiger partial charge is 0.507 e. The molecule has 0 bridgehead atoms. The number of aryl methyl sites for hydroxylation is 1. The summed E-state index contributed by atoms with van der Waals surface area (Å²) in [6.07, 6.45) is 0. The molecule has 31 heavy (non-hydrogen) atoms. The number of carbonyl (C=O) groups is 2. The number of nitrogens with zero attached hydrogens (tertiary/aromatic N) is 2. The van der Waals surface area contributed by atoms with Crippen LogP contribution in [-0.2, 0) is 9.59 Å². The van der Waals surface area contributed by atoms with Crippen molar-refractivity contribution in [2.45, 2.75) is 13.0 Å². The highest BCUT2D eigenvalue weighted by Gasteiger charge is 2.48. The van der Waals surface area contributed by atoms with E-state index < -0.39 is 17.7 Å². The summed E-state index contributed by atoms with van der Waals surface area (Å²) in [6, 6.07) is 11.8. The normalized spacial score (nSPS) is 17.9. The molecule has 1 aliphatic rings. The predicted octanol–water partition coefficient (Wildman–Crippen LogP) is 4.92. The molecule has 1 fully saturated rings. The van der Waals surface area contributed by atoms with Crippen LogP contribution < -0.4 is 9.64 Å². The highest BCUT2D eigenvalue weighted by molar-refractivity contribution is 6.51. The Morgan fingerprint density at radius 2 is 1.90 bits per heavy atom. The van der Waals surface area contributed by atoms with Gasteiger partial charge in [0.25, 0.3) is 5.78 Å². The van der Waals surface area contributed by atoms with Crippen LogP contribution in [-0.4, -0.2) is 29.1 Å². The number of benzene rings is 2. The second-order valence-corrected chi connectivity index (χ2v) is 7.68. The van der Waals surface area contributed by atoms with E-state index in [2.05, 4.69) is 5.16 Å². The fraction of sp³-hybridized carbons (Fsp3) is 0.136. The van der Waals surface area contributed by atoms with Crippen molar-refractivity contribution in [3.05, 3.63) is 81.0 Å². The van der Waals surface area contributed by atoms with Crippen molar-refractivity contribution >= 4 is 46.5 Å². The second-order valence-electron chi connectivity index (χ2n) is 6.87. The van der Waals surface area contributed by atoms with Crippen molar-refractivity contribution in [3.8, 4) is 5.75 Å². The SMILES string of the molecule is COc1cccc(/C(O)=C2\C(=O)C(=O)N(c3cc(C)on3)C2c2ccc(Cl)c(Cl)c2)c1. The summed E-state index contributed by atoms with van der Waals surface area (Å²) in [7, 11) is 1.49. The lowest BCUT2D eigenvalue weighted by atomic mass is 9.95. The molecule has 7 nitrogen and oxygen atoms in total. The molecule has 3 aromatic rings. The van der Waals surface area contributed by atoms with Gasteiger partial charge in [-0.05, 0) is 36.8 Å². The number of Topliss-reactive ketones (excluding diaryl/α,β-unsaturated/α-hetero) is 1. The molecule has 0 radical (unpaired) electrons. The number of hydrogen-bond donors (Lipinski definition) is 1. The van der Waals surface area contributed by atoms with Crippen LogP contribution in [0.25, 0.3) is 5.76 Å². The van der Waals surface area contributed by atoms with E-state index >= 15 is 0 Å². The molecule has 1 aromatic heterocycles. The topological polar surface area (TPSA) is 92.9 Å². The smallest absolute Gasteiger partial charge is 0.301 e.